The number of rotatable bonds is 6. The number of aryl methyl sites for hydroxylation is 1. The molecule has 0 saturated carbocycles. The quantitative estimate of drug-likeness (QED) is 0.434. The van der Waals surface area contributed by atoms with Crippen molar-refractivity contribution >= 4 is 29.3 Å². The highest BCUT2D eigenvalue weighted by molar-refractivity contribution is 7.85. The Bertz CT molecular complexity index is 1110. The Hall–Kier alpha value is -2.65. The number of carbonyl (C=O) groups excluding carboxylic acids is 1. The zero-order valence-corrected chi connectivity index (χ0v) is 17.4. The average Bonchev–Trinajstić information content (AvgIpc) is 2.72. The molecule has 0 fully saturated rings. The minimum Gasteiger partial charge on any atom is -0.342 e. The Morgan fingerprint density at radius 3 is 2.37 bits per heavy atom. The molecule has 30 heavy (non-hydrogen) atoms. The molecule has 3 rings (SSSR count). The van der Waals surface area contributed by atoms with E-state index in [1.54, 1.807) is 6.92 Å². The minimum atomic E-state index is -1.91. The number of benzene rings is 2. The van der Waals surface area contributed by atoms with Gasteiger partial charge in [0.05, 0.1) is 21.9 Å². The first-order chi connectivity index (χ1) is 14.3. The summed E-state index contributed by atoms with van der Waals surface area (Å²) in [7, 11) is -1.91. The first-order valence-electron chi connectivity index (χ1n) is 8.78. The van der Waals surface area contributed by atoms with E-state index in [4.69, 9.17) is 0 Å². The Labute approximate surface area is 179 Å². The van der Waals surface area contributed by atoms with Crippen molar-refractivity contribution in [2.75, 3.05) is 5.88 Å². The number of nitrogens with one attached hydrogen (secondary N) is 1. The zero-order chi connectivity index (χ0) is 21.8. The van der Waals surface area contributed by atoms with Crippen molar-refractivity contribution in [3.05, 3.63) is 94.6 Å². The second-order valence-electron chi connectivity index (χ2n) is 6.39. The SMILES string of the molecule is Cc1cc(C(=O)NCS)ncc1C(c1cc(F)ccc1F)S(=O)c1ccc(F)cc1. The van der Waals surface area contributed by atoms with Crippen LogP contribution in [0.25, 0.3) is 0 Å². The molecule has 0 radical (unpaired) electrons. The summed E-state index contributed by atoms with van der Waals surface area (Å²) >= 11 is 3.93. The second kappa shape index (κ2) is 9.44. The Kier molecular flexibility index (Phi) is 6.94. The van der Waals surface area contributed by atoms with E-state index in [9.17, 15) is 22.2 Å². The third-order valence-corrected chi connectivity index (χ3v) is 6.24. The normalized spacial score (nSPS) is 13.0. The monoisotopic (exact) mass is 450 g/mol. The maximum absolute atomic E-state index is 14.6. The van der Waals surface area contributed by atoms with Crippen molar-refractivity contribution in [1.82, 2.24) is 10.3 Å². The average molecular weight is 451 g/mol. The van der Waals surface area contributed by atoms with Crippen LogP contribution in [0, 0.1) is 24.4 Å². The summed E-state index contributed by atoms with van der Waals surface area (Å²) in [5.74, 6) is -2.28. The lowest BCUT2D eigenvalue weighted by atomic mass is 10.0. The summed E-state index contributed by atoms with van der Waals surface area (Å²) in [6, 6.07) is 9.30. The highest BCUT2D eigenvalue weighted by Gasteiger charge is 2.28. The van der Waals surface area contributed by atoms with Crippen molar-refractivity contribution in [2.45, 2.75) is 17.1 Å². The number of pyridine rings is 1. The van der Waals surface area contributed by atoms with Gasteiger partial charge in [0.1, 0.15) is 23.1 Å². The third-order valence-electron chi connectivity index (χ3n) is 4.41. The van der Waals surface area contributed by atoms with Gasteiger partial charge in [0.2, 0.25) is 0 Å². The molecular formula is C21H17F3N2O2S2. The van der Waals surface area contributed by atoms with Gasteiger partial charge in [-0.3, -0.25) is 14.0 Å². The lowest BCUT2D eigenvalue weighted by molar-refractivity contribution is 0.0956. The van der Waals surface area contributed by atoms with Gasteiger partial charge in [-0.05, 0) is 66.6 Å². The maximum atomic E-state index is 14.6. The first-order valence-corrected chi connectivity index (χ1v) is 10.6. The molecular weight excluding hydrogens is 433 g/mol. The number of hydrogen-bond acceptors (Lipinski definition) is 4. The number of carbonyl (C=O) groups is 1. The molecule has 2 unspecified atom stereocenters. The van der Waals surface area contributed by atoms with Gasteiger partial charge >= 0.3 is 0 Å². The molecule has 0 aliphatic rings. The summed E-state index contributed by atoms with van der Waals surface area (Å²) in [4.78, 5) is 16.3. The largest absolute Gasteiger partial charge is 0.342 e. The number of nitrogens with zero attached hydrogens (tertiary/aromatic N) is 1. The van der Waals surface area contributed by atoms with Gasteiger partial charge in [-0.2, -0.15) is 12.6 Å². The van der Waals surface area contributed by atoms with Crippen LogP contribution in [0.4, 0.5) is 13.2 Å². The van der Waals surface area contributed by atoms with E-state index in [-0.39, 0.29) is 22.0 Å². The van der Waals surface area contributed by atoms with Gasteiger partial charge in [-0.15, -0.1) is 0 Å². The van der Waals surface area contributed by atoms with E-state index in [1.165, 1.54) is 24.4 Å². The Morgan fingerprint density at radius 1 is 1.07 bits per heavy atom. The molecule has 1 amide bonds. The zero-order valence-electron chi connectivity index (χ0n) is 15.7. The minimum absolute atomic E-state index is 0.108. The van der Waals surface area contributed by atoms with Crippen molar-refractivity contribution in [2.24, 2.45) is 0 Å². The standard InChI is InChI=1S/C21H17F3N2O2S2/c1-12-8-19(21(27)26-11-29)25-10-17(12)20(16-9-14(23)4-7-18(16)24)30(28)15-5-2-13(22)3-6-15/h2-10,20,29H,11H2,1H3,(H,26,27). The lowest BCUT2D eigenvalue weighted by Gasteiger charge is -2.20. The molecule has 0 aliphatic carbocycles. The van der Waals surface area contributed by atoms with Gasteiger partial charge in [-0.1, -0.05) is 0 Å². The van der Waals surface area contributed by atoms with E-state index in [0.717, 1.165) is 30.3 Å². The predicted octanol–water partition coefficient (Wildman–Crippen LogP) is 4.32. The molecule has 2 atom stereocenters. The van der Waals surface area contributed by atoms with E-state index < -0.39 is 39.4 Å². The summed E-state index contributed by atoms with van der Waals surface area (Å²) < 4.78 is 55.2. The van der Waals surface area contributed by atoms with E-state index >= 15 is 0 Å². The molecule has 1 heterocycles. The fourth-order valence-electron chi connectivity index (χ4n) is 2.95. The lowest BCUT2D eigenvalue weighted by Crippen LogP contribution is -2.23. The van der Waals surface area contributed by atoms with E-state index in [1.807, 2.05) is 0 Å². The first kappa shape index (κ1) is 22.0. The fourth-order valence-corrected chi connectivity index (χ4v) is 4.65. The Balaban J connectivity index is 2.14. The Morgan fingerprint density at radius 2 is 1.73 bits per heavy atom. The van der Waals surface area contributed by atoms with Crippen LogP contribution in [-0.2, 0) is 10.8 Å². The molecule has 0 bridgehead atoms. The molecule has 0 spiro atoms. The van der Waals surface area contributed by atoms with Crippen molar-refractivity contribution in [1.29, 1.82) is 0 Å². The van der Waals surface area contributed by atoms with Crippen LogP contribution < -0.4 is 5.32 Å². The molecule has 156 valence electrons. The van der Waals surface area contributed by atoms with Crippen LogP contribution in [0.2, 0.25) is 0 Å². The summed E-state index contributed by atoms with van der Waals surface area (Å²) in [5.41, 5.74) is 0.842. The number of thiol groups is 1. The molecule has 0 aliphatic heterocycles. The van der Waals surface area contributed by atoms with Gasteiger partial charge < -0.3 is 5.32 Å². The van der Waals surface area contributed by atoms with Gasteiger partial charge in [0, 0.05) is 16.7 Å². The number of aromatic nitrogens is 1. The number of halogens is 3. The van der Waals surface area contributed by atoms with Crippen LogP contribution in [0.3, 0.4) is 0 Å². The second-order valence-corrected chi connectivity index (χ2v) is 8.24. The highest BCUT2D eigenvalue weighted by Crippen LogP contribution is 2.35. The molecule has 0 saturated heterocycles. The van der Waals surface area contributed by atoms with Gasteiger partial charge in [0.25, 0.3) is 5.91 Å². The van der Waals surface area contributed by atoms with Crippen molar-refractivity contribution < 1.29 is 22.2 Å². The summed E-state index contributed by atoms with van der Waals surface area (Å²) in [6.07, 6.45) is 1.32. The maximum Gasteiger partial charge on any atom is 0.270 e. The van der Waals surface area contributed by atoms with Gasteiger partial charge in [-0.25, -0.2) is 13.2 Å². The topological polar surface area (TPSA) is 59.1 Å². The van der Waals surface area contributed by atoms with Crippen molar-refractivity contribution in [3.8, 4) is 0 Å². The molecule has 9 heteroatoms. The molecule has 2 aromatic carbocycles. The van der Waals surface area contributed by atoms with Crippen LogP contribution in [0.15, 0.2) is 59.6 Å². The van der Waals surface area contributed by atoms with Crippen LogP contribution in [0.5, 0.6) is 0 Å². The highest BCUT2D eigenvalue weighted by atomic mass is 32.2. The van der Waals surface area contributed by atoms with Gasteiger partial charge in [0.15, 0.2) is 0 Å². The van der Waals surface area contributed by atoms with Crippen molar-refractivity contribution in [3.63, 3.8) is 0 Å². The van der Waals surface area contributed by atoms with E-state index in [0.29, 0.717) is 11.1 Å². The van der Waals surface area contributed by atoms with E-state index in [2.05, 4.69) is 22.9 Å². The predicted molar refractivity (Wildman–Crippen MR) is 111 cm³/mol. The molecule has 1 N–H and O–H groups in total. The summed E-state index contributed by atoms with van der Waals surface area (Å²) in [5, 5.41) is 1.37. The smallest absolute Gasteiger partial charge is 0.270 e. The molecule has 3 aromatic rings. The fraction of sp³-hybridized carbons (Fsp3) is 0.143. The molecule has 1 aromatic heterocycles. The molecule has 4 nitrogen and oxygen atoms in total. The number of hydrogen-bond donors (Lipinski definition) is 2. The van der Waals surface area contributed by atoms with Crippen LogP contribution >= 0.6 is 12.6 Å². The summed E-state index contributed by atoms with van der Waals surface area (Å²) in [6.45, 7) is 1.65. The number of amides is 1. The third kappa shape index (κ3) is 4.73. The van der Waals surface area contributed by atoms with Crippen LogP contribution in [-0.4, -0.2) is 21.0 Å². The van der Waals surface area contributed by atoms with Crippen LogP contribution in [0.1, 0.15) is 32.4 Å².